The molecule has 0 bridgehead atoms. The van der Waals surface area contributed by atoms with Crippen LogP contribution in [0.15, 0.2) is 40.3 Å². The molecule has 0 aliphatic carbocycles. The second-order valence-corrected chi connectivity index (χ2v) is 6.33. The minimum Gasteiger partial charge on any atom is -0.459 e. The van der Waals surface area contributed by atoms with Gasteiger partial charge in [-0.25, -0.2) is 0 Å². The van der Waals surface area contributed by atoms with Crippen molar-refractivity contribution in [3.8, 4) is 0 Å². The van der Waals surface area contributed by atoms with Gasteiger partial charge in [0.15, 0.2) is 5.76 Å². The monoisotopic (exact) mass is 320 g/mol. The molecule has 1 atom stereocenters. The Labute approximate surface area is 133 Å². The van der Waals surface area contributed by atoms with Crippen molar-refractivity contribution < 1.29 is 14.0 Å². The molecule has 22 heavy (non-hydrogen) atoms. The molecule has 0 spiro atoms. The highest BCUT2D eigenvalue weighted by Gasteiger charge is 2.25. The van der Waals surface area contributed by atoms with Gasteiger partial charge in [-0.05, 0) is 35.9 Å². The van der Waals surface area contributed by atoms with Crippen LogP contribution in [-0.2, 0) is 11.2 Å². The van der Waals surface area contributed by atoms with Crippen LogP contribution in [-0.4, -0.2) is 24.4 Å². The zero-order valence-electron chi connectivity index (χ0n) is 12.7. The van der Waals surface area contributed by atoms with Crippen molar-refractivity contribution in [1.82, 2.24) is 10.6 Å². The van der Waals surface area contributed by atoms with Gasteiger partial charge in [-0.2, -0.15) is 0 Å². The number of carbonyl (C=O) groups excluding carboxylic acids is 2. The third-order valence-electron chi connectivity index (χ3n) is 3.23. The molecule has 0 saturated heterocycles. The lowest BCUT2D eigenvalue weighted by atomic mass is 10.0. The van der Waals surface area contributed by atoms with E-state index in [9.17, 15) is 9.59 Å². The summed E-state index contributed by atoms with van der Waals surface area (Å²) in [6.07, 6.45) is 2.22. The maximum atomic E-state index is 12.3. The SMILES string of the molecule is CC(C)[C@H](NC(=O)c1ccco1)C(=O)NCCc1cccs1. The zero-order valence-corrected chi connectivity index (χ0v) is 13.5. The first kappa shape index (κ1) is 16.3. The summed E-state index contributed by atoms with van der Waals surface area (Å²) in [7, 11) is 0. The molecule has 0 aromatic carbocycles. The van der Waals surface area contributed by atoms with Gasteiger partial charge in [0.05, 0.1) is 6.26 Å². The summed E-state index contributed by atoms with van der Waals surface area (Å²) in [4.78, 5) is 25.5. The van der Waals surface area contributed by atoms with E-state index >= 15 is 0 Å². The van der Waals surface area contributed by atoms with E-state index in [1.54, 1.807) is 23.5 Å². The Kier molecular flexibility index (Phi) is 5.77. The second-order valence-electron chi connectivity index (χ2n) is 5.29. The number of carbonyl (C=O) groups is 2. The van der Waals surface area contributed by atoms with Crippen LogP contribution in [0.3, 0.4) is 0 Å². The normalized spacial score (nSPS) is 12.1. The van der Waals surface area contributed by atoms with Gasteiger partial charge in [0.25, 0.3) is 5.91 Å². The van der Waals surface area contributed by atoms with Crippen molar-refractivity contribution in [2.75, 3.05) is 6.54 Å². The van der Waals surface area contributed by atoms with Crippen molar-refractivity contribution >= 4 is 23.2 Å². The molecule has 0 aliphatic heterocycles. The molecule has 2 aromatic rings. The van der Waals surface area contributed by atoms with Crippen molar-refractivity contribution in [2.45, 2.75) is 26.3 Å². The third-order valence-corrected chi connectivity index (χ3v) is 4.17. The van der Waals surface area contributed by atoms with E-state index in [1.807, 2.05) is 31.4 Å². The van der Waals surface area contributed by atoms with Crippen molar-refractivity contribution in [3.63, 3.8) is 0 Å². The molecule has 118 valence electrons. The summed E-state index contributed by atoms with van der Waals surface area (Å²) in [6, 6.07) is 6.65. The number of hydrogen-bond acceptors (Lipinski definition) is 4. The van der Waals surface area contributed by atoms with Crippen LogP contribution in [0.4, 0.5) is 0 Å². The lowest BCUT2D eigenvalue weighted by Crippen LogP contribution is -2.50. The predicted molar refractivity (Wildman–Crippen MR) is 85.8 cm³/mol. The Hall–Kier alpha value is -2.08. The van der Waals surface area contributed by atoms with Gasteiger partial charge in [0.2, 0.25) is 5.91 Å². The average molecular weight is 320 g/mol. The molecule has 2 N–H and O–H groups in total. The number of amides is 2. The zero-order chi connectivity index (χ0) is 15.9. The fourth-order valence-electron chi connectivity index (χ4n) is 2.03. The number of thiophene rings is 1. The van der Waals surface area contributed by atoms with Gasteiger partial charge < -0.3 is 15.1 Å². The van der Waals surface area contributed by atoms with Crippen LogP contribution in [0.2, 0.25) is 0 Å². The molecule has 0 unspecified atom stereocenters. The molecule has 0 saturated carbocycles. The summed E-state index contributed by atoms with van der Waals surface area (Å²) in [5, 5.41) is 7.61. The minimum absolute atomic E-state index is 0.0133. The van der Waals surface area contributed by atoms with Gasteiger partial charge in [0, 0.05) is 11.4 Å². The van der Waals surface area contributed by atoms with E-state index in [0.29, 0.717) is 6.54 Å². The summed E-state index contributed by atoms with van der Waals surface area (Å²) in [5.41, 5.74) is 0. The van der Waals surface area contributed by atoms with E-state index in [4.69, 9.17) is 4.42 Å². The van der Waals surface area contributed by atoms with Gasteiger partial charge in [-0.15, -0.1) is 11.3 Å². The lowest BCUT2D eigenvalue weighted by molar-refractivity contribution is -0.123. The Morgan fingerprint density at radius 1 is 1.27 bits per heavy atom. The fraction of sp³-hybridized carbons (Fsp3) is 0.375. The average Bonchev–Trinajstić information content (AvgIpc) is 3.16. The molecule has 2 heterocycles. The predicted octanol–water partition coefficient (Wildman–Crippen LogP) is 2.45. The molecule has 5 nitrogen and oxygen atoms in total. The second kappa shape index (κ2) is 7.79. The highest BCUT2D eigenvalue weighted by Crippen LogP contribution is 2.09. The summed E-state index contributed by atoms with van der Waals surface area (Å²) in [5.74, 6) is -0.360. The lowest BCUT2D eigenvalue weighted by Gasteiger charge is -2.21. The molecular formula is C16H20N2O3S. The van der Waals surface area contributed by atoms with Crippen molar-refractivity contribution in [3.05, 3.63) is 46.5 Å². The van der Waals surface area contributed by atoms with Gasteiger partial charge in [-0.3, -0.25) is 9.59 Å². The first-order valence-electron chi connectivity index (χ1n) is 7.22. The fourth-order valence-corrected chi connectivity index (χ4v) is 2.74. The number of rotatable bonds is 7. The van der Waals surface area contributed by atoms with E-state index in [2.05, 4.69) is 10.6 Å². The maximum absolute atomic E-state index is 12.3. The Morgan fingerprint density at radius 2 is 2.09 bits per heavy atom. The molecule has 0 fully saturated rings. The van der Waals surface area contributed by atoms with E-state index in [0.717, 1.165) is 6.42 Å². The van der Waals surface area contributed by atoms with Crippen molar-refractivity contribution in [2.24, 2.45) is 5.92 Å². The number of nitrogens with one attached hydrogen (secondary N) is 2. The Bertz CT molecular complexity index is 591. The highest BCUT2D eigenvalue weighted by atomic mass is 32.1. The van der Waals surface area contributed by atoms with Crippen LogP contribution in [0, 0.1) is 5.92 Å². The van der Waals surface area contributed by atoms with Crippen LogP contribution in [0.25, 0.3) is 0 Å². The molecule has 2 amide bonds. The van der Waals surface area contributed by atoms with Gasteiger partial charge in [-0.1, -0.05) is 19.9 Å². The van der Waals surface area contributed by atoms with Crippen LogP contribution in [0.5, 0.6) is 0 Å². The van der Waals surface area contributed by atoms with Crippen LogP contribution >= 0.6 is 11.3 Å². The number of furan rings is 1. The summed E-state index contributed by atoms with van der Waals surface area (Å²) >= 11 is 1.66. The van der Waals surface area contributed by atoms with E-state index < -0.39 is 6.04 Å². The van der Waals surface area contributed by atoms with Gasteiger partial charge >= 0.3 is 0 Å². The third kappa shape index (κ3) is 4.46. The molecule has 0 aliphatic rings. The minimum atomic E-state index is -0.582. The summed E-state index contributed by atoms with van der Waals surface area (Å²) in [6.45, 7) is 4.34. The van der Waals surface area contributed by atoms with Crippen LogP contribution in [0.1, 0.15) is 29.3 Å². The first-order chi connectivity index (χ1) is 10.6. The summed E-state index contributed by atoms with van der Waals surface area (Å²) < 4.78 is 5.04. The highest BCUT2D eigenvalue weighted by molar-refractivity contribution is 7.09. The van der Waals surface area contributed by atoms with Crippen LogP contribution < -0.4 is 10.6 Å². The quantitative estimate of drug-likeness (QED) is 0.823. The molecule has 2 aromatic heterocycles. The Morgan fingerprint density at radius 3 is 2.68 bits per heavy atom. The maximum Gasteiger partial charge on any atom is 0.287 e. The standard InChI is InChI=1S/C16H20N2O3S/c1-11(2)14(18-15(19)13-6-3-9-21-13)16(20)17-8-7-12-5-4-10-22-12/h3-6,9-11,14H,7-8H2,1-2H3,(H,17,20)(H,18,19)/t14-/m0/s1. The largest absolute Gasteiger partial charge is 0.459 e. The first-order valence-corrected chi connectivity index (χ1v) is 8.10. The van der Waals surface area contributed by atoms with E-state index in [1.165, 1.54) is 11.1 Å². The molecule has 2 rings (SSSR count). The Balaban J connectivity index is 1.86. The molecule has 0 radical (unpaired) electrons. The van der Waals surface area contributed by atoms with E-state index in [-0.39, 0.29) is 23.5 Å². The smallest absolute Gasteiger partial charge is 0.287 e. The van der Waals surface area contributed by atoms with Crippen molar-refractivity contribution in [1.29, 1.82) is 0 Å². The topological polar surface area (TPSA) is 71.3 Å². The molecular weight excluding hydrogens is 300 g/mol. The molecule has 6 heteroatoms. The van der Waals surface area contributed by atoms with Gasteiger partial charge in [0.1, 0.15) is 6.04 Å². The number of hydrogen-bond donors (Lipinski definition) is 2.